The Morgan fingerprint density at radius 1 is 0.960 bits per heavy atom. The minimum atomic E-state index is -0.422. The zero-order chi connectivity index (χ0) is 17.5. The highest BCUT2D eigenvalue weighted by molar-refractivity contribution is 5.93. The van der Waals surface area contributed by atoms with Crippen molar-refractivity contribution in [2.24, 2.45) is 0 Å². The summed E-state index contributed by atoms with van der Waals surface area (Å²) in [5, 5.41) is 5.80. The standard InChI is InChI=1S/C20H23N3O2/c24-18(16-7-6-12-21-15-16)22-13-14-23-19(25)20(10-4-5-11-20)17-8-2-1-3-9-17/h1-3,6-9,12,15H,4-5,10-11,13-14H2,(H,22,24)(H,23,25). The number of rotatable bonds is 6. The van der Waals surface area contributed by atoms with E-state index in [0.29, 0.717) is 18.7 Å². The second-order valence-electron chi connectivity index (χ2n) is 6.41. The van der Waals surface area contributed by atoms with Gasteiger partial charge in [0.2, 0.25) is 5.91 Å². The van der Waals surface area contributed by atoms with Crippen molar-refractivity contribution >= 4 is 11.8 Å². The zero-order valence-electron chi connectivity index (χ0n) is 14.2. The van der Waals surface area contributed by atoms with E-state index in [9.17, 15) is 9.59 Å². The topological polar surface area (TPSA) is 71.1 Å². The van der Waals surface area contributed by atoms with E-state index in [1.165, 1.54) is 6.20 Å². The first-order valence-electron chi connectivity index (χ1n) is 8.74. The van der Waals surface area contributed by atoms with Crippen LogP contribution in [-0.2, 0) is 10.2 Å². The van der Waals surface area contributed by atoms with Crippen LogP contribution in [0.15, 0.2) is 54.9 Å². The van der Waals surface area contributed by atoms with Crippen LogP contribution in [0.5, 0.6) is 0 Å². The summed E-state index contributed by atoms with van der Waals surface area (Å²) in [6.07, 6.45) is 7.05. The Bertz CT molecular complexity index is 710. The van der Waals surface area contributed by atoms with Crippen LogP contribution in [0.1, 0.15) is 41.6 Å². The summed E-state index contributed by atoms with van der Waals surface area (Å²) in [5.41, 5.74) is 1.18. The lowest BCUT2D eigenvalue weighted by Crippen LogP contribution is -2.45. The number of benzene rings is 1. The van der Waals surface area contributed by atoms with Crippen LogP contribution in [0.2, 0.25) is 0 Å². The molecule has 25 heavy (non-hydrogen) atoms. The van der Waals surface area contributed by atoms with Crippen molar-refractivity contribution in [1.29, 1.82) is 0 Å². The van der Waals surface area contributed by atoms with Gasteiger partial charge in [-0.05, 0) is 30.5 Å². The van der Waals surface area contributed by atoms with Crippen molar-refractivity contribution in [1.82, 2.24) is 15.6 Å². The highest BCUT2D eigenvalue weighted by Crippen LogP contribution is 2.41. The van der Waals surface area contributed by atoms with Crippen molar-refractivity contribution in [3.8, 4) is 0 Å². The summed E-state index contributed by atoms with van der Waals surface area (Å²) in [5.74, 6) is -0.118. The van der Waals surface area contributed by atoms with Gasteiger partial charge in [0.05, 0.1) is 11.0 Å². The van der Waals surface area contributed by atoms with Gasteiger partial charge >= 0.3 is 0 Å². The van der Waals surface area contributed by atoms with Crippen LogP contribution in [0.25, 0.3) is 0 Å². The molecule has 5 nitrogen and oxygen atoms in total. The number of pyridine rings is 1. The van der Waals surface area contributed by atoms with Crippen LogP contribution in [-0.4, -0.2) is 29.9 Å². The molecule has 1 saturated carbocycles. The summed E-state index contributed by atoms with van der Waals surface area (Å²) < 4.78 is 0. The largest absolute Gasteiger partial charge is 0.354 e. The second-order valence-corrected chi connectivity index (χ2v) is 6.41. The maximum absolute atomic E-state index is 12.8. The number of nitrogens with zero attached hydrogens (tertiary/aromatic N) is 1. The number of aromatic nitrogens is 1. The van der Waals surface area contributed by atoms with Gasteiger partial charge in [0.15, 0.2) is 0 Å². The average molecular weight is 337 g/mol. The molecule has 0 spiro atoms. The van der Waals surface area contributed by atoms with Crippen LogP contribution >= 0.6 is 0 Å². The predicted octanol–water partition coefficient (Wildman–Crippen LogP) is 2.44. The molecule has 1 aromatic carbocycles. The van der Waals surface area contributed by atoms with E-state index in [0.717, 1.165) is 31.2 Å². The van der Waals surface area contributed by atoms with Gasteiger partial charge in [0.1, 0.15) is 0 Å². The fourth-order valence-corrected chi connectivity index (χ4v) is 3.50. The fourth-order valence-electron chi connectivity index (χ4n) is 3.50. The molecular weight excluding hydrogens is 314 g/mol. The molecule has 0 aliphatic heterocycles. The number of hydrogen-bond donors (Lipinski definition) is 2. The molecule has 2 N–H and O–H groups in total. The van der Waals surface area contributed by atoms with E-state index < -0.39 is 5.41 Å². The SMILES string of the molecule is O=C(NCCNC(=O)C1(c2ccccc2)CCCC1)c1cccnc1. The maximum Gasteiger partial charge on any atom is 0.252 e. The Labute approximate surface area is 147 Å². The normalized spacial score (nSPS) is 15.5. The van der Waals surface area contributed by atoms with Crippen LogP contribution in [0.4, 0.5) is 0 Å². The van der Waals surface area contributed by atoms with Crippen molar-refractivity contribution in [2.45, 2.75) is 31.1 Å². The molecular formula is C20H23N3O2. The number of hydrogen-bond acceptors (Lipinski definition) is 3. The first-order chi connectivity index (χ1) is 12.2. The van der Waals surface area contributed by atoms with Gasteiger partial charge in [0, 0.05) is 25.5 Å². The summed E-state index contributed by atoms with van der Waals surface area (Å²) in [4.78, 5) is 28.7. The molecule has 5 heteroatoms. The van der Waals surface area contributed by atoms with Gasteiger partial charge in [-0.3, -0.25) is 14.6 Å². The molecule has 2 aromatic rings. The summed E-state index contributed by atoms with van der Waals surface area (Å²) in [7, 11) is 0. The minimum absolute atomic E-state index is 0.0619. The molecule has 3 rings (SSSR count). The van der Waals surface area contributed by atoms with Gasteiger partial charge in [-0.2, -0.15) is 0 Å². The molecule has 1 fully saturated rings. The van der Waals surface area contributed by atoms with Gasteiger partial charge in [0.25, 0.3) is 5.91 Å². The number of nitrogens with one attached hydrogen (secondary N) is 2. The molecule has 1 aliphatic carbocycles. The third kappa shape index (κ3) is 3.87. The Balaban J connectivity index is 1.54. The lowest BCUT2D eigenvalue weighted by atomic mass is 9.78. The maximum atomic E-state index is 12.8. The highest BCUT2D eigenvalue weighted by atomic mass is 16.2. The summed E-state index contributed by atoms with van der Waals surface area (Å²) in [6.45, 7) is 0.809. The van der Waals surface area contributed by atoms with E-state index in [-0.39, 0.29) is 11.8 Å². The van der Waals surface area contributed by atoms with E-state index in [2.05, 4.69) is 15.6 Å². The van der Waals surface area contributed by atoms with Gasteiger partial charge in [-0.1, -0.05) is 43.2 Å². The molecule has 0 radical (unpaired) electrons. The zero-order valence-corrected chi connectivity index (χ0v) is 14.2. The van der Waals surface area contributed by atoms with Gasteiger partial charge in [-0.15, -0.1) is 0 Å². The lowest BCUT2D eigenvalue weighted by molar-refractivity contribution is -0.126. The third-order valence-corrected chi connectivity index (χ3v) is 4.84. The van der Waals surface area contributed by atoms with Gasteiger partial charge in [-0.25, -0.2) is 0 Å². The molecule has 130 valence electrons. The van der Waals surface area contributed by atoms with Crippen LogP contribution in [0.3, 0.4) is 0 Å². The highest BCUT2D eigenvalue weighted by Gasteiger charge is 2.42. The van der Waals surface area contributed by atoms with Crippen molar-refractivity contribution < 1.29 is 9.59 Å². The smallest absolute Gasteiger partial charge is 0.252 e. The summed E-state index contributed by atoms with van der Waals surface area (Å²) >= 11 is 0. The van der Waals surface area contributed by atoms with Crippen molar-refractivity contribution in [3.63, 3.8) is 0 Å². The molecule has 0 bridgehead atoms. The molecule has 1 aromatic heterocycles. The van der Waals surface area contributed by atoms with Gasteiger partial charge < -0.3 is 10.6 Å². The second kappa shape index (κ2) is 7.92. The van der Waals surface area contributed by atoms with E-state index >= 15 is 0 Å². The van der Waals surface area contributed by atoms with E-state index in [4.69, 9.17) is 0 Å². The molecule has 2 amide bonds. The average Bonchev–Trinajstić information content (AvgIpc) is 3.17. The number of carbonyl (C=O) groups is 2. The molecule has 1 aliphatic rings. The number of amides is 2. The minimum Gasteiger partial charge on any atom is -0.354 e. The Hall–Kier alpha value is -2.69. The van der Waals surface area contributed by atoms with E-state index in [1.807, 2.05) is 30.3 Å². The molecule has 1 heterocycles. The third-order valence-electron chi connectivity index (χ3n) is 4.84. The molecule has 0 unspecified atom stereocenters. The first-order valence-corrected chi connectivity index (χ1v) is 8.74. The van der Waals surface area contributed by atoms with Crippen LogP contribution in [0, 0.1) is 0 Å². The monoisotopic (exact) mass is 337 g/mol. The van der Waals surface area contributed by atoms with Crippen molar-refractivity contribution in [2.75, 3.05) is 13.1 Å². The Kier molecular flexibility index (Phi) is 5.43. The summed E-state index contributed by atoms with van der Waals surface area (Å²) in [6, 6.07) is 13.4. The molecule has 0 saturated heterocycles. The predicted molar refractivity (Wildman–Crippen MR) is 96.2 cm³/mol. The van der Waals surface area contributed by atoms with Crippen LogP contribution < -0.4 is 10.6 Å². The lowest BCUT2D eigenvalue weighted by Gasteiger charge is -2.28. The molecule has 0 atom stereocenters. The van der Waals surface area contributed by atoms with Crippen molar-refractivity contribution in [3.05, 3.63) is 66.0 Å². The number of carbonyl (C=O) groups excluding carboxylic acids is 2. The Morgan fingerprint density at radius 3 is 2.36 bits per heavy atom. The van der Waals surface area contributed by atoms with E-state index in [1.54, 1.807) is 18.3 Å². The quantitative estimate of drug-likeness (QED) is 0.795. The Morgan fingerprint density at radius 2 is 1.68 bits per heavy atom. The fraction of sp³-hybridized carbons (Fsp3) is 0.350. The first kappa shape index (κ1) is 17.1.